The quantitative estimate of drug-likeness (QED) is 0.289. The Morgan fingerprint density at radius 1 is 1.46 bits per heavy atom. The fourth-order valence-electron chi connectivity index (χ4n) is 2.54. The van der Waals surface area contributed by atoms with Crippen molar-refractivity contribution in [2.24, 2.45) is 5.84 Å². The van der Waals surface area contributed by atoms with E-state index in [-0.39, 0.29) is 18.2 Å². The van der Waals surface area contributed by atoms with Crippen LogP contribution >= 0.6 is 0 Å². The standard InChI is InChI=1S/C17H24N4O3/c1-12(2)11-24-14-5-3-13(4-6-14)10-21-8-7-19-17(23)15(21)9-16(22)20-18/h3-6,15H,1,7-11,18H2,2H3,(H,19,23)(H,20,22). The molecule has 1 saturated heterocycles. The smallest absolute Gasteiger partial charge is 0.237 e. The number of hydrogen-bond donors (Lipinski definition) is 3. The summed E-state index contributed by atoms with van der Waals surface area (Å²) < 4.78 is 5.57. The van der Waals surface area contributed by atoms with Crippen LogP contribution in [0, 0.1) is 0 Å². The molecule has 0 radical (unpaired) electrons. The number of benzene rings is 1. The number of rotatable bonds is 7. The van der Waals surface area contributed by atoms with E-state index in [1.807, 2.05) is 36.1 Å². The van der Waals surface area contributed by atoms with Crippen LogP contribution in [0.4, 0.5) is 0 Å². The van der Waals surface area contributed by atoms with Gasteiger partial charge in [0.25, 0.3) is 0 Å². The Bertz CT molecular complexity index is 600. The van der Waals surface area contributed by atoms with Crippen molar-refractivity contribution >= 4 is 11.8 Å². The first-order valence-electron chi connectivity index (χ1n) is 7.87. The van der Waals surface area contributed by atoms with Crippen molar-refractivity contribution in [3.05, 3.63) is 42.0 Å². The predicted octanol–water partition coefficient (Wildman–Crippen LogP) is 0.322. The van der Waals surface area contributed by atoms with Crippen LogP contribution in [0.15, 0.2) is 36.4 Å². The topological polar surface area (TPSA) is 96.7 Å². The third-order valence-electron chi connectivity index (χ3n) is 3.78. The average molecular weight is 332 g/mol. The van der Waals surface area contributed by atoms with Crippen LogP contribution in [-0.2, 0) is 16.1 Å². The van der Waals surface area contributed by atoms with Crippen LogP contribution in [0.3, 0.4) is 0 Å². The molecule has 1 fully saturated rings. The molecule has 7 nitrogen and oxygen atoms in total. The lowest BCUT2D eigenvalue weighted by atomic mass is 10.1. The normalized spacial score (nSPS) is 17.9. The fraction of sp³-hybridized carbons (Fsp3) is 0.412. The van der Waals surface area contributed by atoms with Gasteiger partial charge >= 0.3 is 0 Å². The highest BCUT2D eigenvalue weighted by Crippen LogP contribution is 2.17. The van der Waals surface area contributed by atoms with E-state index < -0.39 is 6.04 Å². The summed E-state index contributed by atoms with van der Waals surface area (Å²) >= 11 is 0. The Labute approximate surface area is 141 Å². The van der Waals surface area contributed by atoms with E-state index in [9.17, 15) is 9.59 Å². The van der Waals surface area contributed by atoms with E-state index in [1.165, 1.54) is 0 Å². The minimum Gasteiger partial charge on any atom is -0.489 e. The Kier molecular flexibility index (Phi) is 6.34. The predicted molar refractivity (Wildman–Crippen MR) is 90.9 cm³/mol. The third kappa shape index (κ3) is 5.07. The molecule has 0 aromatic heterocycles. The number of ether oxygens (including phenoxy) is 1. The number of nitrogens with one attached hydrogen (secondary N) is 2. The maximum absolute atomic E-state index is 12.0. The summed E-state index contributed by atoms with van der Waals surface area (Å²) in [5, 5.41) is 2.78. The molecule has 2 rings (SSSR count). The molecular formula is C17H24N4O3. The second kappa shape index (κ2) is 8.47. The SMILES string of the molecule is C=C(C)COc1ccc(CN2CCNC(=O)C2CC(=O)NN)cc1. The fourth-order valence-corrected chi connectivity index (χ4v) is 2.54. The van der Waals surface area contributed by atoms with Crippen LogP contribution in [0.2, 0.25) is 0 Å². The number of carbonyl (C=O) groups is 2. The van der Waals surface area contributed by atoms with E-state index in [0.717, 1.165) is 16.9 Å². The summed E-state index contributed by atoms with van der Waals surface area (Å²) in [7, 11) is 0. The Balaban J connectivity index is 2.00. The molecule has 1 atom stereocenters. The molecule has 0 spiro atoms. The number of carbonyl (C=O) groups excluding carboxylic acids is 2. The van der Waals surface area contributed by atoms with Gasteiger partial charge in [0.2, 0.25) is 11.8 Å². The van der Waals surface area contributed by atoms with Crippen molar-refractivity contribution in [2.45, 2.75) is 25.9 Å². The molecule has 0 aliphatic carbocycles. The van der Waals surface area contributed by atoms with Crippen molar-refractivity contribution in [3.63, 3.8) is 0 Å². The maximum Gasteiger partial charge on any atom is 0.237 e. The van der Waals surface area contributed by atoms with Crippen LogP contribution in [0.1, 0.15) is 18.9 Å². The minimum atomic E-state index is -0.512. The van der Waals surface area contributed by atoms with E-state index in [0.29, 0.717) is 26.2 Å². The summed E-state index contributed by atoms with van der Waals surface area (Å²) in [4.78, 5) is 25.6. The van der Waals surface area contributed by atoms with Gasteiger partial charge < -0.3 is 10.1 Å². The first-order valence-corrected chi connectivity index (χ1v) is 7.87. The van der Waals surface area contributed by atoms with Crippen molar-refractivity contribution in [3.8, 4) is 5.75 Å². The van der Waals surface area contributed by atoms with Gasteiger partial charge in [0, 0.05) is 19.6 Å². The molecule has 130 valence electrons. The molecule has 7 heteroatoms. The van der Waals surface area contributed by atoms with E-state index in [1.54, 1.807) is 0 Å². The molecular weight excluding hydrogens is 308 g/mol. The summed E-state index contributed by atoms with van der Waals surface area (Å²) in [5.41, 5.74) is 4.08. The molecule has 1 aromatic rings. The van der Waals surface area contributed by atoms with Gasteiger partial charge in [-0.2, -0.15) is 0 Å². The lowest BCUT2D eigenvalue weighted by Gasteiger charge is -2.34. The van der Waals surface area contributed by atoms with Crippen LogP contribution in [0.5, 0.6) is 5.75 Å². The summed E-state index contributed by atoms with van der Waals surface area (Å²) in [6, 6.07) is 7.19. The summed E-state index contributed by atoms with van der Waals surface area (Å²) in [6.45, 7) is 8.03. The van der Waals surface area contributed by atoms with Crippen LogP contribution in [0.25, 0.3) is 0 Å². The molecule has 4 N–H and O–H groups in total. The van der Waals surface area contributed by atoms with E-state index in [4.69, 9.17) is 10.6 Å². The second-order valence-electron chi connectivity index (χ2n) is 5.94. The number of piperazine rings is 1. The number of hydrazine groups is 1. The number of nitrogens with two attached hydrogens (primary N) is 1. The maximum atomic E-state index is 12.0. The zero-order chi connectivity index (χ0) is 17.5. The molecule has 0 bridgehead atoms. The van der Waals surface area contributed by atoms with Crippen LogP contribution < -0.4 is 21.3 Å². The van der Waals surface area contributed by atoms with Gasteiger partial charge in [-0.3, -0.25) is 19.9 Å². The van der Waals surface area contributed by atoms with Crippen molar-refractivity contribution in [1.82, 2.24) is 15.6 Å². The molecule has 1 unspecified atom stereocenters. The number of hydrogen-bond acceptors (Lipinski definition) is 5. The average Bonchev–Trinajstić information content (AvgIpc) is 2.57. The zero-order valence-corrected chi connectivity index (χ0v) is 13.9. The van der Waals surface area contributed by atoms with Gasteiger partial charge in [-0.1, -0.05) is 18.7 Å². The summed E-state index contributed by atoms with van der Waals surface area (Å²) in [5.74, 6) is 5.40. The highest BCUT2D eigenvalue weighted by molar-refractivity contribution is 5.88. The minimum absolute atomic E-state index is 0.0438. The van der Waals surface area contributed by atoms with Gasteiger partial charge in [0.05, 0.1) is 12.5 Å². The zero-order valence-electron chi connectivity index (χ0n) is 13.9. The monoisotopic (exact) mass is 332 g/mol. The summed E-state index contributed by atoms with van der Waals surface area (Å²) in [6.07, 6.45) is 0.0438. The van der Waals surface area contributed by atoms with Crippen molar-refractivity contribution in [1.29, 1.82) is 0 Å². The lowest BCUT2D eigenvalue weighted by molar-refractivity contribution is -0.134. The lowest BCUT2D eigenvalue weighted by Crippen LogP contribution is -2.56. The van der Waals surface area contributed by atoms with Gasteiger partial charge in [0.15, 0.2) is 0 Å². The largest absolute Gasteiger partial charge is 0.489 e. The number of amides is 2. The van der Waals surface area contributed by atoms with Gasteiger partial charge in [0.1, 0.15) is 12.4 Å². The third-order valence-corrected chi connectivity index (χ3v) is 3.78. The first kappa shape index (κ1) is 18.0. The Morgan fingerprint density at radius 2 is 2.17 bits per heavy atom. The Morgan fingerprint density at radius 3 is 2.79 bits per heavy atom. The van der Waals surface area contributed by atoms with Gasteiger partial charge in [-0.05, 0) is 30.2 Å². The molecule has 1 heterocycles. The van der Waals surface area contributed by atoms with Crippen LogP contribution in [-0.4, -0.2) is 42.5 Å². The highest BCUT2D eigenvalue weighted by atomic mass is 16.5. The molecule has 1 aromatic carbocycles. The molecule has 24 heavy (non-hydrogen) atoms. The van der Waals surface area contributed by atoms with Gasteiger partial charge in [-0.25, -0.2) is 5.84 Å². The van der Waals surface area contributed by atoms with Gasteiger partial charge in [-0.15, -0.1) is 0 Å². The molecule has 1 aliphatic heterocycles. The Hall–Kier alpha value is -2.38. The highest BCUT2D eigenvalue weighted by Gasteiger charge is 2.31. The molecule has 1 aliphatic rings. The number of nitrogens with zero attached hydrogens (tertiary/aromatic N) is 1. The molecule has 2 amide bonds. The van der Waals surface area contributed by atoms with E-state index >= 15 is 0 Å². The van der Waals surface area contributed by atoms with E-state index in [2.05, 4.69) is 17.3 Å². The van der Waals surface area contributed by atoms with Crippen molar-refractivity contribution < 1.29 is 14.3 Å². The van der Waals surface area contributed by atoms with Crippen molar-refractivity contribution in [2.75, 3.05) is 19.7 Å². The second-order valence-corrected chi connectivity index (χ2v) is 5.94. The first-order chi connectivity index (χ1) is 11.5. The molecule has 0 saturated carbocycles.